The second kappa shape index (κ2) is 14.0. The second-order valence-corrected chi connectivity index (χ2v) is 7.44. The van der Waals surface area contributed by atoms with Crippen molar-refractivity contribution in [3.05, 3.63) is 23.9 Å². The molecule has 7 nitrogen and oxygen atoms in total. The number of aromatic nitrogens is 1. The number of ether oxygens (including phenoxy) is 3. The number of nitrogens with one attached hydrogen (secondary N) is 2. The van der Waals surface area contributed by atoms with Crippen LogP contribution in [0.2, 0.25) is 0 Å². The lowest BCUT2D eigenvalue weighted by molar-refractivity contribution is 0.0168. The van der Waals surface area contributed by atoms with E-state index in [9.17, 15) is 0 Å². The van der Waals surface area contributed by atoms with Crippen LogP contribution in [0.15, 0.2) is 23.3 Å². The summed E-state index contributed by atoms with van der Waals surface area (Å²) in [4.78, 5) is 9.00. The summed E-state index contributed by atoms with van der Waals surface area (Å²) in [6.07, 6.45) is 7.93. The van der Waals surface area contributed by atoms with Crippen molar-refractivity contribution in [3.8, 4) is 5.88 Å². The molecule has 1 aliphatic carbocycles. The molecule has 164 valence electrons. The van der Waals surface area contributed by atoms with Gasteiger partial charge in [0, 0.05) is 38.6 Å². The minimum absolute atomic E-state index is 0. The number of guanidine groups is 1. The van der Waals surface area contributed by atoms with E-state index in [-0.39, 0.29) is 24.0 Å². The average molecular weight is 518 g/mol. The van der Waals surface area contributed by atoms with Crippen LogP contribution < -0.4 is 15.4 Å². The first-order valence-electron chi connectivity index (χ1n) is 10.6. The van der Waals surface area contributed by atoms with Crippen LogP contribution in [-0.2, 0) is 16.0 Å². The monoisotopic (exact) mass is 518 g/mol. The predicted octanol–water partition coefficient (Wildman–Crippen LogP) is 3.13. The van der Waals surface area contributed by atoms with E-state index in [2.05, 4.69) is 27.5 Å². The largest absolute Gasteiger partial charge is 0.477 e. The van der Waals surface area contributed by atoms with Crippen LogP contribution in [-0.4, -0.2) is 56.6 Å². The maximum atomic E-state index is 5.69. The van der Waals surface area contributed by atoms with Crippen LogP contribution in [0.4, 0.5) is 0 Å². The Hall–Kier alpha value is -1.13. The highest BCUT2D eigenvalue weighted by atomic mass is 127. The Morgan fingerprint density at radius 2 is 2.14 bits per heavy atom. The van der Waals surface area contributed by atoms with Gasteiger partial charge in [0.1, 0.15) is 0 Å². The summed E-state index contributed by atoms with van der Waals surface area (Å²) in [7, 11) is 0. The molecule has 0 aromatic carbocycles. The maximum absolute atomic E-state index is 5.69. The zero-order chi connectivity index (χ0) is 19.4. The molecule has 0 spiro atoms. The first kappa shape index (κ1) is 24.1. The van der Waals surface area contributed by atoms with Gasteiger partial charge in [-0.3, -0.25) is 0 Å². The third kappa shape index (κ3) is 9.95. The fourth-order valence-corrected chi connectivity index (χ4v) is 2.96. The summed E-state index contributed by atoms with van der Waals surface area (Å²) >= 11 is 0. The smallest absolute Gasteiger partial charge is 0.213 e. The molecule has 0 radical (unpaired) electrons. The first-order chi connectivity index (χ1) is 13.8. The Labute approximate surface area is 191 Å². The molecule has 0 amide bonds. The molecule has 2 fully saturated rings. The van der Waals surface area contributed by atoms with Crippen LogP contribution in [0.25, 0.3) is 0 Å². The van der Waals surface area contributed by atoms with Crippen molar-refractivity contribution < 1.29 is 14.2 Å². The minimum Gasteiger partial charge on any atom is -0.477 e. The van der Waals surface area contributed by atoms with Crippen LogP contribution in [0, 0.1) is 5.92 Å². The van der Waals surface area contributed by atoms with Crippen molar-refractivity contribution in [3.63, 3.8) is 0 Å². The lowest BCUT2D eigenvalue weighted by Gasteiger charge is -2.12. The van der Waals surface area contributed by atoms with Gasteiger partial charge in [0.05, 0.1) is 25.9 Å². The molecule has 29 heavy (non-hydrogen) atoms. The highest BCUT2D eigenvalue weighted by Gasteiger charge is 2.22. The molecule has 1 unspecified atom stereocenters. The maximum Gasteiger partial charge on any atom is 0.213 e. The van der Waals surface area contributed by atoms with E-state index in [4.69, 9.17) is 14.2 Å². The fraction of sp³-hybridized carbons (Fsp3) is 0.714. The van der Waals surface area contributed by atoms with Gasteiger partial charge in [0.2, 0.25) is 5.88 Å². The van der Waals surface area contributed by atoms with E-state index in [1.54, 1.807) is 0 Å². The Kier molecular flexibility index (Phi) is 11.6. The van der Waals surface area contributed by atoms with Crippen molar-refractivity contribution in [2.24, 2.45) is 10.9 Å². The summed E-state index contributed by atoms with van der Waals surface area (Å²) in [5, 5.41) is 6.63. The van der Waals surface area contributed by atoms with Crippen molar-refractivity contribution in [1.29, 1.82) is 0 Å². The fourth-order valence-electron chi connectivity index (χ4n) is 2.96. The Morgan fingerprint density at radius 1 is 1.24 bits per heavy atom. The van der Waals surface area contributed by atoms with Gasteiger partial charge in [-0.05, 0) is 50.5 Å². The third-order valence-electron chi connectivity index (χ3n) is 4.81. The number of hydrogen-bond donors (Lipinski definition) is 2. The molecule has 2 heterocycles. The number of pyridine rings is 1. The van der Waals surface area contributed by atoms with Gasteiger partial charge in [-0.1, -0.05) is 6.07 Å². The highest BCUT2D eigenvalue weighted by molar-refractivity contribution is 14.0. The Morgan fingerprint density at radius 3 is 2.83 bits per heavy atom. The highest BCUT2D eigenvalue weighted by Crippen LogP contribution is 2.29. The summed E-state index contributed by atoms with van der Waals surface area (Å²) in [5.74, 6) is 2.25. The SMILES string of the molecule is CCNC(=NCc1ccc(OCC2CC2)nc1)NCCCOCC1CCCO1.I. The van der Waals surface area contributed by atoms with Gasteiger partial charge >= 0.3 is 0 Å². The predicted molar refractivity (Wildman–Crippen MR) is 125 cm³/mol. The van der Waals surface area contributed by atoms with E-state index in [0.29, 0.717) is 25.1 Å². The van der Waals surface area contributed by atoms with Crippen molar-refractivity contribution >= 4 is 29.9 Å². The summed E-state index contributed by atoms with van der Waals surface area (Å²) in [6.45, 7) is 7.41. The Bertz CT molecular complexity index is 590. The molecule has 3 rings (SSSR count). The van der Waals surface area contributed by atoms with Crippen LogP contribution in [0.1, 0.15) is 44.6 Å². The topological polar surface area (TPSA) is 77.0 Å². The van der Waals surface area contributed by atoms with Gasteiger partial charge in [0.15, 0.2) is 5.96 Å². The quantitative estimate of drug-likeness (QED) is 0.192. The van der Waals surface area contributed by atoms with Gasteiger partial charge in [-0.15, -0.1) is 24.0 Å². The van der Waals surface area contributed by atoms with E-state index in [0.717, 1.165) is 69.6 Å². The molecule has 0 bridgehead atoms. The van der Waals surface area contributed by atoms with Crippen LogP contribution >= 0.6 is 24.0 Å². The molecule has 1 aliphatic heterocycles. The van der Waals surface area contributed by atoms with Gasteiger partial charge in [-0.2, -0.15) is 0 Å². The summed E-state index contributed by atoms with van der Waals surface area (Å²) < 4.78 is 16.9. The number of rotatable bonds is 12. The zero-order valence-corrected chi connectivity index (χ0v) is 19.7. The van der Waals surface area contributed by atoms with Gasteiger partial charge < -0.3 is 24.8 Å². The molecule has 1 saturated carbocycles. The zero-order valence-electron chi connectivity index (χ0n) is 17.4. The lowest BCUT2D eigenvalue weighted by Crippen LogP contribution is -2.38. The minimum atomic E-state index is 0. The van der Waals surface area contributed by atoms with Crippen LogP contribution in [0.5, 0.6) is 5.88 Å². The number of aliphatic imine (C=N–C) groups is 1. The molecule has 1 saturated heterocycles. The summed E-state index contributed by atoms with van der Waals surface area (Å²) in [6, 6.07) is 3.96. The van der Waals surface area contributed by atoms with Gasteiger partial charge in [0.25, 0.3) is 0 Å². The Balaban J connectivity index is 0.00000300. The molecular weight excluding hydrogens is 483 g/mol. The first-order valence-corrected chi connectivity index (χ1v) is 10.6. The lowest BCUT2D eigenvalue weighted by atomic mass is 10.2. The number of hydrogen-bond acceptors (Lipinski definition) is 5. The number of halogens is 1. The molecule has 8 heteroatoms. The normalized spacial score (nSPS) is 18.9. The average Bonchev–Trinajstić information content (AvgIpc) is 3.41. The molecule has 1 aromatic heterocycles. The molecule has 2 aliphatic rings. The molecular formula is C21H35IN4O3. The van der Waals surface area contributed by atoms with E-state index >= 15 is 0 Å². The number of nitrogens with zero attached hydrogens (tertiary/aromatic N) is 2. The third-order valence-corrected chi connectivity index (χ3v) is 4.81. The summed E-state index contributed by atoms with van der Waals surface area (Å²) in [5.41, 5.74) is 1.07. The van der Waals surface area contributed by atoms with Crippen molar-refractivity contribution in [1.82, 2.24) is 15.6 Å². The van der Waals surface area contributed by atoms with E-state index in [1.165, 1.54) is 12.8 Å². The molecule has 1 aromatic rings. The van der Waals surface area contributed by atoms with Crippen LogP contribution in [0.3, 0.4) is 0 Å². The van der Waals surface area contributed by atoms with Crippen molar-refractivity contribution in [2.75, 3.05) is 39.5 Å². The molecule has 2 N–H and O–H groups in total. The van der Waals surface area contributed by atoms with E-state index in [1.807, 2.05) is 18.3 Å². The second-order valence-electron chi connectivity index (χ2n) is 7.44. The standard InChI is InChI=1S/C21H34N4O3.HI/c1-2-22-21(23-10-4-11-26-16-19-5-3-12-27-19)25-14-18-8-9-20(24-13-18)28-15-17-6-7-17;/h8-9,13,17,19H,2-7,10-12,14-16H2,1H3,(H2,22,23,25);1H. The molecule has 1 atom stereocenters. The van der Waals surface area contributed by atoms with Crippen molar-refractivity contribution in [2.45, 2.75) is 51.7 Å². The van der Waals surface area contributed by atoms with E-state index < -0.39 is 0 Å². The van der Waals surface area contributed by atoms with Gasteiger partial charge in [-0.25, -0.2) is 9.98 Å².